The van der Waals surface area contributed by atoms with Gasteiger partial charge in [-0.3, -0.25) is 4.79 Å². The number of ether oxygens (including phenoxy) is 1. The maximum atomic E-state index is 10.9. The monoisotopic (exact) mass is 194 g/mol. The second-order valence-corrected chi connectivity index (χ2v) is 2.37. The van der Waals surface area contributed by atoms with Crippen LogP contribution in [0.25, 0.3) is 0 Å². The largest absolute Gasteiger partial charge is 0.463 e. The molecular formula is C11H14O3. The van der Waals surface area contributed by atoms with Crippen molar-refractivity contribution in [1.29, 1.82) is 0 Å². The van der Waals surface area contributed by atoms with E-state index < -0.39 is 5.97 Å². The number of esters is 1. The highest BCUT2D eigenvalue weighted by atomic mass is 16.5. The van der Waals surface area contributed by atoms with E-state index >= 15 is 0 Å². The molecule has 0 aromatic rings. The van der Waals surface area contributed by atoms with E-state index in [0.717, 1.165) is 0 Å². The first-order chi connectivity index (χ1) is 6.70. The molecule has 0 fully saturated rings. The molecule has 0 amide bonds. The minimum Gasteiger partial charge on any atom is -0.463 e. The van der Waals surface area contributed by atoms with Gasteiger partial charge in [0.25, 0.3) is 0 Å². The van der Waals surface area contributed by atoms with Gasteiger partial charge in [0.2, 0.25) is 0 Å². The number of allylic oxidation sites excluding steroid dienone is 5. The van der Waals surface area contributed by atoms with E-state index in [0.29, 0.717) is 6.61 Å². The first-order valence-electron chi connectivity index (χ1n) is 4.38. The molecule has 0 atom stereocenters. The van der Waals surface area contributed by atoms with Gasteiger partial charge in [-0.1, -0.05) is 18.2 Å². The molecule has 0 unspecified atom stereocenters. The van der Waals surface area contributed by atoms with Crippen LogP contribution in [-0.2, 0) is 14.3 Å². The summed E-state index contributed by atoms with van der Waals surface area (Å²) in [5.41, 5.74) is 0. The van der Waals surface area contributed by atoms with Gasteiger partial charge in [-0.25, -0.2) is 4.79 Å². The Morgan fingerprint density at radius 1 is 1.14 bits per heavy atom. The van der Waals surface area contributed by atoms with Crippen molar-refractivity contribution >= 4 is 11.8 Å². The summed E-state index contributed by atoms with van der Waals surface area (Å²) in [6, 6.07) is 0. The molecule has 0 heterocycles. The lowest BCUT2D eigenvalue weighted by atomic mass is 10.3. The number of carbonyl (C=O) groups excluding carboxylic acids is 2. The van der Waals surface area contributed by atoms with E-state index in [1.165, 1.54) is 30.4 Å². The lowest BCUT2D eigenvalue weighted by Gasteiger charge is -1.92. The van der Waals surface area contributed by atoms with E-state index in [2.05, 4.69) is 4.74 Å². The predicted molar refractivity (Wildman–Crippen MR) is 54.7 cm³/mol. The van der Waals surface area contributed by atoms with Gasteiger partial charge in [0, 0.05) is 6.08 Å². The summed E-state index contributed by atoms with van der Waals surface area (Å²) in [5, 5.41) is 0. The number of ketones is 1. The lowest BCUT2D eigenvalue weighted by Crippen LogP contribution is -1.98. The third kappa shape index (κ3) is 7.03. The molecular weight excluding hydrogens is 180 g/mol. The summed E-state index contributed by atoms with van der Waals surface area (Å²) in [7, 11) is 0. The van der Waals surface area contributed by atoms with Gasteiger partial charge < -0.3 is 4.74 Å². The SMILES string of the molecule is CC=CC(=O)C=CC=CC(=O)OCC. The molecule has 3 heteroatoms. The van der Waals surface area contributed by atoms with Crippen molar-refractivity contribution in [3.63, 3.8) is 0 Å². The van der Waals surface area contributed by atoms with Crippen LogP contribution in [0.4, 0.5) is 0 Å². The minimum absolute atomic E-state index is 0.110. The molecule has 0 saturated carbocycles. The van der Waals surface area contributed by atoms with Gasteiger partial charge in [-0.15, -0.1) is 0 Å². The second-order valence-electron chi connectivity index (χ2n) is 2.37. The predicted octanol–water partition coefficient (Wildman–Crippen LogP) is 1.81. The molecule has 14 heavy (non-hydrogen) atoms. The van der Waals surface area contributed by atoms with E-state index in [1.807, 2.05) is 0 Å². The van der Waals surface area contributed by atoms with Gasteiger partial charge in [-0.2, -0.15) is 0 Å². The van der Waals surface area contributed by atoms with Crippen LogP contribution in [0.5, 0.6) is 0 Å². The minimum atomic E-state index is -0.407. The smallest absolute Gasteiger partial charge is 0.330 e. The van der Waals surface area contributed by atoms with Crippen LogP contribution in [0.3, 0.4) is 0 Å². The molecule has 0 spiro atoms. The Balaban J connectivity index is 3.92. The normalized spacial score (nSPS) is 11.6. The summed E-state index contributed by atoms with van der Waals surface area (Å²) < 4.78 is 4.64. The van der Waals surface area contributed by atoms with E-state index in [1.54, 1.807) is 19.9 Å². The summed E-state index contributed by atoms with van der Waals surface area (Å²) in [5.74, 6) is -0.517. The Labute approximate surface area is 83.8 Å². The van der Waals surface area contributed by atoms with Gasteiger partial charge >= 0.3 is 5.97 Å². The van der Waals surface area contributed by atoms with Gasteiger partial charge in [-0.05, 0) is 26.0 Å². The van der Waals surface area contributed by atoms with E-state index in [9.17, 15) is 9.59 Å². The Hall–Kier alpha value is -1.64. The number of hydrogen-bond donors (Lipinski definition) is 0. The standard InChI is InChI=1S/C11H14O3/c1-3-7-10(12)8-5-6-9-11(13)14-4-2/h3,5-9H,4H2,1-2H3. The Kier molecular flexibility index (Phi) is 7.05. The Morgan fingerprint density at radius 2 is 1.79 bits per heavy atom. The van der Waals surface area contributed by atoms with Gasteiger partial charge in [0.05, 0.1) is 6.61 Å². The van der Waals surface area contributed by atoms with Crippen molar-refractivity contribution in [1.82, 2.24) is 0 Å². The van der Waals surface area contributed by atoms with Crippen LogP contribution < -0.4 is 0 Å². The quantitative estimate of drug-likeness (QED) is 0.381. The highest BCUT2D eigenvalue weighted by molar-refractivity contribution is 5.99. The van der Waals surface area contributed by atoms with Crippen molar-refractivity contribution in [3.05, 3.63) is 36.5 Å². The fourth-order valence-electron chi connectivity index (χ4n) is 0.695. The van der Waals surface area contributed by atoms with Crippen LogP contribution in [0.15, 0.2) is 36.5 Å². The van der Waals surface area contributed by atoms with Crippen LogP contribution in [0.2, 0.25) is 0 Å². The van der Waals surface area contributed by atoms with Crippen LogP contribution in [0, 0.1) is 0 Å². The zero-order chi connectivity index (χ0) is 10.8. The summed E-state index contributed by atoms with van der Waals surface area (Å²) in [6.07, 6.45) is 8.70. The molecule has 0 aliphatic heterocycles. The van der Waals surface area contributed by atoms with Crippen molar-refractivity contribution in [2.45, 2.75) is 13.8 Å². The van der Waals surface area contributed by atoms with Crippen LogP contribution >= 0.6 is 0 Å². The van der Waals surface area contributed by atoms with Crippen LogP contribution in [-0.4, -0.2) is 18.4 Å². The molecule has 0 aliphatic carbocycles. The van der Waals surface area contributed by atoms with Crippen molar-refractivity contribution in [2.24, 2.45) is 0 Å². The third-order valence-electron chi connectivity index (χ3n) is 1.22. The molecule has 0 aromatic heterocycles. The van der Waals surface area contributed by atoms with Gasteiger partial charge in [0.15, 0.2) is 5.78 Å². The molecule has 0 radical (unpaired) electrons. The van der Waals surface area contributed by atoms with E-state index in [-0.39, 0.29) is 5.78 Å². The first kappa shape index (κ1) is 12.4. The summed E-state index contributed by atoms with van der Waals surface area (Å²) >= 11 is 0. The highest BCUT2D eigenvalue weighted by Gasteiger charge is 1.90. The number of carbonyl (C=O) groups is 2. The summed E-state index contributed by atoms with van der Waals surface area (Å²) in [4.78, 5) is 21.7. The Morgan fingerprint density at radius 3 is 2.36 bits per heavy atom. The van der Waals surface area contributed by atoms with Gasteiger partial charge in [0.1, 0.15) is 0 Å². The maximum Gasteiger partial charge on any atom is 0.330 e. The number of rotatable bonds is 5. The third-order valence-corrected chi connectivity index (χ3v) is 1.22. The molecule has 0 aromatic carbocycles. The number of hydrogen-bond acceptors (Lipinski definition) is 3. The fourth-order valence-corrected chi connectivity index (χ4v) is 0.695. The van der Waals surface area contributed by atoms with Crippen molar-refractivity contribution in [3.8, 4) is 0 Å². The maximum absolute atomic E-state index is 10.9. The van der Waals surface area contributed by atoms with Crippen molar-refractivity contribution in [2.75, 3.05) is 6.61 Å². The Bertz CT molecular complexity index is 272. The molecule has 0 saturated heterocycles. The average Bonchev–Trinajstić information content (AvgIpc) is 2.13. The topological polar surface area (TPSA) is 43.4 Å². The van der Waals surface area contributed by atoms with Crippen molar-refractivity contribution < 1.29 is 14.3 Å². The summed E-state index contributed by atoms with van der Waals surface area (Å²) in [6.45, 7) is 3.85. The first-order valence-corrected chi connectivity index (χ1v) is 4.38. The molecule has 3 nitrogen and oxygen atoms in total. The van der Waals surface area contributed by atoms with Crippen LogP contribution in [0.1, 0.15) is 13.8 Å². The molecule has 0 rings (SSSR count). The highest BCUT2D eigenvalue weighted by Crippen LogP contribution is 1.85. The van der Waals surface area contributed by atoms with E-state index in [4.69, 9.17) is 0 Å². The molecule has 0 N–H and O–H groups in total. The fraction of sp³-hybridized carbons (Fsp3) is 0.273. The lowest BCUT2D eigenvalue weighted by molar-refractivity contribution is -0.137. The molecule has 0 aliphatic rings. The molecule has 0 bridgehead atoms. The zero-order valence-corrected chi connectivity index (χ0v) is 8.40. The average molecular weight is 194 g/mol. The second kappa shape index (κ2) is 7.98. The molecule has 76 valence electrons. The zero-order valence-electron chi connectivity index (χ0n) is 8.40.